The van der Waals surface area contributed by atoms with Crippen LogP contribution in [-0.4, -0.2) is 18.7 Å². The highest BCUT2D eigenvalue weighted by molar-refractivity contribution is 5.47. The predicted molar refractivity (Wildman–Crippen MR) is 69.9 cm³/mol. The summed E-state index contributed by atoms with van der Waals surface area (Å²) in [5.41, 5.74) is 2.23. The molecule has 0 fully saturated rings. The second kappa shape index (κ2) is 6.54. The third-order valence-electron chi connectivity index (χ3n) is 2.95. The van der Waals surface area contributed by atoms with Crippen LogP contribution in [0.4, 0.5) is 5.69 Å². The van der Waals surface area contributed by atoms with Crippen LogP contribution >= 0.6 is 0 Å². The van der Waals surface area contributed by atoms with Crippen molar-refractivity contribution in [3.05, 3.63) is 29.8 Å². The number of rotatable bonds is 6. The van der Waals surface area contributed by atoms with Crippen molar-refractivity contribution in [2.75, 3.05) is 18.5 Å². The number of nitrogens with zero attached hydrogens (tertiary/aromatic N) is 1. The van der Waals surface area contributed by atoms with Gasteiger partial charge in [-0.2, -0.15) is 0 Å². The van der Waals surface area contributed by atoms with E-state index < -0.39 is 0 Å². The van der Waals surface area contributed by atoms with Crippen molar-refractivity contribution in [3.8, 4) is 0 Å². The summed E-state index contributed by atoms with van der Waals surface area (Å²) in [6, 6.07) is 8.21. The van der Waals surface area contributed by atoms with Gasteiger partial charge in [0, 0.05) is 19.3 Å². The third-order valence-corrected chi connectivity index (χ3v) is 2.95. The zero-order chi connectivity index (χ0) is 12.0. The molecule has 0 amide bonds. The van der Waals surface area contributed by atoms with Crippen LogP contribution < -0.4 is 4.90 Å². The van der Waals surface area contributed by atoms with E-state index in [1.165, 1.54) is 18.5 Å². The van der Waals surface area contributed by atoms with E-state index in [1.807, 2.05) is 19.1 Å². The molecule has 1 aromatic rings. The fourth-order valence-corrected chi connectivity index (χ4v) is 1.71. The van der Waals surface area contributed by atoms with Crippen LogP contribution in [0, 0.1) is 0 Å². The van der Waals surface area contributed by atoms with Gasteiger partial charge in [0.2, 0.25) is 0 Å². The minimum atomic E-state index is -0.324. The molecule has 0 unspecified atom stereocenters. The third kappa shape index (κ3) is 3.53. The molecule has 16 heavy (non-hydrogen) atoms. The lowest BCUT2D eigenvalue weighted by Crippen LogP contribution is -2.18. The average molecular weight is 221 g/mol. The molecule has 0 aliphatic carbocycles. The van der Waals surface area contributed by atoms with Crippen molar-refractivity contribution in [2.45, 2.75) is 39.2 Å². The van der Waals surface area contributed by atoms with Crippen molar-refractivity contribution in [2.24, 2.45) is 0 Å². The lowest BCUT2D eigenvalue weighted by Gasteiger charge is -2.19. The van der Waals surface area contributed by atoms with Gasteiger partial charge in [0.15, 0.2) is 0 Å². The van der Waals surface area contributed by atoms with Gasteiger partial charge in [-0.05, 0) is 30.5 Å². The zero-order valence-electron chi connectivity index (χ0n) is 10.6. The maximum Gasteiger partial charge on any atom is 0.0787 e. The number of hydrogen-bond acceptors (Lipinski definition) is 2. The Kier molecular flexibility index (Phi) is 5.33. The van der Waals surface area contributed by atoms with Crippen molar-refractivity contribution in [1.82, 2.24) is 0 Å². The lowest BCUT2D eigenvalue weighted by molar-refractivity contribution is 0.173. The minimum Gasteiger partial charge on any atom is -0.388 e. The van der Waals surface area contributed by atoms with E-state index in [0.29, 0.717) is 0 Å². The average Bonchev–Trinajstić information content (AvgIpc) is 2.35. The molecule has 90 valence electrons. The summed E-state index contributed by atoms with van der Waals surface area (Å²) in [5, 5.41) is 9.69. The van der Waals surface area contributed by atoms with Crippen molar-refractivity contribution in [3.63, 3.8) is 0 Å². The lowest BCUT2D eigenvalue weighted by atomic mass is 10.1. The molecule has 1 atom stereocenters. The second-order valence-electron chi connectivity index (χ2n) is 4.29. The van der Waals surface area contributed by atoms with Gasteiger partial charge in [0.25, 0.3) is 0 Å². The van der Waals surface area contributed by atoms with Crippen LogP contribution in [0.25, 0.3) is 0 Å². The standard InChI is InChI=1S/C14H23NO/c1-4-6-11-15(3)13-9-7-12(8-10-13)14(16)5-2/h7-10,14,16H,4-6,11H2,1-3H3/t14-/m0/s1. The Labute approximate surface area is 98.9 Å². The second-order valence-corrected chi connectivity index (χ2v) is 4.29. The number of hydrogen-bond donors (Lipinski definition) is 1. The summed E-state index contributed by atoms with van der Waals surface area (Å²) in [6.07, 6.45) is 2.88. The summed E-state index contributed by atoms with van der Waals surface area (Å²) < 4.78 is 0. The Morgan fingerprint density at radius 2 is 1.81 bits per heavy atom. The van der Waals surface area contributed by atoms with Gasteiger partial charge >= 0.3 is 0 Å². The Hall–Kier alpha value is -1.02. The van der Waals surface area contributed by atoms with Crippen molar-refractivity contribution >= 4 is 5.69 Å². The quantitative estimate of drug-likeness (QED) is 0.796. The van der Waals surface area contributed by atoms with Crippen LogP contribution in [-0.2, 0) is 0 Å². The van der Waals surface area contributed by atoms with E-state index in [0.717, 1.165) is 18.5 Å². The van der Waals surface area contributed by atoms with E-state index in [4.69, 9.17) is 0 Å². The van der Waals surface area contributed by atoms with Gasteiger partial charge in [-0.3, -0.25) is 0 Å². The Morgan fingerprint density at radius 3 is 2.31 bits per heavy atom. The SMILES string of the molecule is CCCCN(C)c1ccc([C@@H](O)CC)cc1. The van der Waals surface area contributed by atoms with Crippen LogP contribution in [0.3, 0.4) is 0 Å². The number of unbranched alkanes of at least 4 members (excludes halogenated alkanes) is 1. The topological polar surface area (TPSA) is 23.5 Å². The summed E-state index contributed by atoms with van der Waals surface area (Å²) in [5.74, 6) is 0. The van der Waals surface area contributed by atoms with Crippen LogP contribution in [0.1, 0.15) is 44.8 Å². The molecule has 0 radical (unpaired) electrons. The van der Waals surface area contributed by atoms with Gasteiger partial charge in [-0.25, -0.2) is 0 Å². The van der Waals surface area contributed by atoms with E-state index >= 15 is 0 Å². The highest BCUT2D eigenvalue weighted by Gasteiger charge is 2.05. The normalized spacial score (nSPS) is 12.5. The van der Waals surface area contributed by atoms with Crippen LogP contribution in [0.15, 0.2) is 24.3 Å². The first kappa shape index (κ1) is 13.0. The first-order chi connectivity index (χ1) is 7.69. The number of anilines is 1. The molecule has 0 aliphatic heterocycles. The summed E-state index contributed by atoms with van der Waals surface area (Å²) in [6.45, 7) is 5.28. The fourth-order valence-electron chi connectivity index (χ4n) is 1.71. The Bertz CT molecular complexity index is 294. The fraction of sp³-hybridized carbons (Fsp3) is 0.571. The van der Waals surface area contributed by atoms with Crippen LogP contribution in [0.5, 0.6) is 0 Å². The maximum absolute atomic E-state index is 9.69. The van der Waals surface area contributed by atoms with Crippen molar-refractivity contribution in [1.29, 1.82) is 0 Å². The number of aliphatic hydroxyl groups is 1. The van der Waals surface area contributed by atoms with E-state index in [9.17, 15) is 5.11 Å². The molecule has 0 saturated carbocycles. The van der Waals surface area contributed by atoms with Gasteiger partial charge in [0.05, 0.1) is 6.10 Å². The van der Waals surface area contributed by atoms with Crippen LogP contribution in [0.2, 0.25) is 0 Å². The largest absolute Gasteiger partial charge is 0.388 e. The molecule has 2 heteroatoms. The van der Waals surface area contributed by atoms with E-state index in [-0.39, 0.29) is 6.10 Å². The predicted octanol–water partition coefficient (Wildman–Crippen LogP) is 3.37. The molecule has 0 saturated heterocycles. The number of aliphatic hydroxyl groups excluding tert-OH is 1. The molecule has 2 nitrogen and oxygen atoms in total. The molecule has 0 heterocycles. The molecule has 0 aliphatic rings. The molecule has 0 aromatic heterocycles. The first-order valence-corrected chi connectivity index (χ1v) is 6.18. The molecule has 1 rings (SSSR count). The summed E-state index contributed by atoms with van der Waals surface area (Å²) in [4.78, 5) is 2.26. The zero-order valence-corrected chi connectivity index (χ0v) is 10.6. The van der Waals surface area contributed by atoms with Gasteiger partial charge in [0.1, 0.15) is 0 Å². The Morgan fingerprint density at radius 1 is 1.19 bits per heavy atom. The summed E-state index contributed by atoms with van der Waals surface area (Å²) in [7, 11) is 2.11. The van der Waals surface area contributed by atoms with E-state index in [2.05, 4.69) is 31.0 Å². The molecule has 0 spiro atoms. The Balaban J connectivity index is 2.63. The van der Waals surface area contributed by atoms with Crippen molar-refractivity contribution < 1.29 is 5.11 Å². The minimum absolute atomic E-state index is 0.324. The highest BCUT2D eigenvalue weighted by atomic mass is 16.3. The molecule has 0 bridgehead atoms. The molecule has 1 aromatic carbocycles. The number of benzene rings is 1. The first-order valence-electron chi connectivity index (χ1n) is 6.18. The van der Waals surface area contributed by atoms with Gasteiger partial charge < -0.3 is 10.0 Å². The maximum atomic E-state index is 9.69. The van der Waals surface area contributed by atoms with Gasteiger partial charge in [-0.1, -0.05) is 32.4 Å². The highest BCUT2D eigenvalue weighted by Crippen LogP contribution is 2.20. The monoisotopic (exact) mass is 221 g/mol. The molecular weight excluding hydrogens is 198 g/mol. The summed E-state index contributed by atoms with van der Waals surface area (Å²) >= 11 is 0. The van der Waals surface area contributed by atoms with E-state index in [1.54, 1.807) is 0 Å². The van der Waals surface area contributed by atoms with Gasteiger partial charge in [-0.15, -0.1) is 0 Å². The smallest absolute Gasteiger partial charge is 0.0787 e. The molecular formula is C14H23NO. The molecule has 1 N–H and O–H groups in total.